The van der Waals surface area contributed by atoms with Gasteiger partial charge in [0, 0.05) is 33.9 Å². The maximum absolute atomic E-state index is 6.71. The molecular formula is C24H22N4. The maximum atomic E-state index is 6.71. The SMILES string of the molecule is Nc1cccc(-c2ccc(-c3cccc(N)c3)c(-c3cccc(N)c3)c2N)c1. The molecule has 0 amide bonds. The maximum Gasteiger partial charge on any atom is 0.0479 e. The van der Waals surface area contributed by atoms with Crippen molar-refractivity contribution >= 4 is 22.7 Å². The minimum absolute atomic E-state index is 0.677. The Labute approximate surface area is 164 Å². The Morgan fingerprint density at radius 1 is 0.429 bits per heavy atom. The van der Waals surface area contributed by atoms with E-state index in [1.54, 1.807) is 0 Å². The van der Waals surface area contributed by atoms with Crippen molar-refractivity contribution in [1.82, 2.24) is 0 Å². The smallest absolute Gasteiger partial charge is 0.0479 e. The van der Waals surface area contributed by atoms with Crippen LogP contribution in [0.4, 0.5) is 22.7 Å². The van der Waals surface area contributed by atoms with Gasteiger partial charge in [0.05, 0.1) is 0 Å². The molecule has 4 aromatic carbocycles. The molecule has 0 heterocycles. The number of nitrogens with two attached hydrogens (primary N) is 4. The summed E-state index contributed by atoms with van der Waals surface area (Å²) in [6, 6.07) is 27.3. The standard InChI is InChI=1S/C24H22N4/c25-18-7-1-4-15(12-18)21-10-11-22(16-5-2-8-19(26)13-16)24(28)23(21)17-6-3-9-20(27)14-17/h1-14H,25-28H2. The van der Waals surface area contributed by atoms with Gasteiger partial charge >= 0.3 is 0 Å². The molecule has 4 nitrogen and oxygen atoms in total. The number of rotatable bonds is 3. The topological polar surface area (TPSA) is 104 Å². The molecule has 0 aromatic heterocycles. The Balaban J connectivity index is 2.01. The fraction of sp³-hybridized carbons (Fsp3) is 0. The average Bonchev–Trinajstić information content (AvgIpc) is 2.67. The lowest BCUT2D eigenvalue weighted by molar-refractivity contribution is 1.55. The second-order valence-corrected chi connectivity index (χ2v) is 6.83. The van der Waals surface area contributed by atoms with E-state index in [9.17, 15) is 0 Å². The van der Waals surface area contributed by atoms with Gasteiger partial charge < -0.3 is 22.9 Å². The number of hydrogen-bond acceptors (Lipinski definition) is 4. The molecule has 4 heteroatoms. The zero-order valence-electron chi connectivity index (χ0n) is 15.4. The van der Waals surface area contributed by atoms with E-state index in [1.807, 2.05) is 78.9 Å². The molecule has 0 unspecified atom stereocenters. The zero-order chi connectivity index (χ0) is 19.7. The molecule has 4 rings (SSSR count). The lowest BCUT2D eigenvalue weighted by Crippen LogP contribution is -1.98. The Bertz CT molecular complexity index is 1160. The molecule has 0 aliphatic heterocycles. The van der Waals surface area contributed by atoms with Crippen LogP contribution in [0.3, 0.4) is 0 Å². The summed E-state index contributed by atoms with van der Waals surface area (Å²) in [5, 5.41) is 0. The second-order valence-electron chi connectivity index (χ2n) is 6.83. The normalized spacial score (nSPS) is 10.7. The molecule has 8 N–H and O–H groups in total. The molecular weight excluding hydrogens is 344 g/mol. The first kappa shape index (κ1) is 17.5. The summed E-state index contributed by atoms with van der Waals surface area (Å²) in [5.41, 5.74) is 33.3. The molecule has 0 bridgehead atoms. The summed E-state index contributed by atoms with van der Waals surface area (Å²) in [6.07, 6.45) is 0. The fourth-order valence-electron chi connectivity index (χ4n) is 3.53. The minimum atomic E-state index is 0.677. The molecule has 0 atom stereocenters. The van der Waals surface area contributed by atoms with Crippen LogP contribution in [-0.4, -0.2) is 0 Å². The van der Waals surface area contributed by atoms with Crippen LogP contribution in [0.5, 0.6) is 0 Å². The molecule has 4 aromatic rings. The van der Waals surface area contributed by atoms with E-state index in [-0.39, 0.29) is 0 Å². The monoisotopic (exact) mass is 366 g/mol. The fourth-order valence-corrected chi connectivity index (χ4v) is 3.53. The Hall–Kier alpha value is -3.92. The van der Waals surface area contributed by atoms with Gasteiger partial charge in [0.2, 0.25) is 0 Å². The van der Waals surface area contributed by atoms with Crippen LogP contribution in [0.1, 0.15) is 0 Å². The summed E-state index contributed by atoms with van der Waals surface area (Å²) in [7, 11) is 0. The third-order valence-electron chi connectivity index (χ3n) is 4.82. The van der Waals surface area contributed by atoms with Crippen molar-refractivity contribution in [3.05, 3.63) is 84.9 Å². The average molecular weight is 366 g/mol. The number of anilines is 4. The van der Waals surface area contributed by atoms with Crippen molar-refractivity contribution in [1.29, 1.82) is 0 Å². The highest BCUT2D eigenvalue weighted by molar-refractivity contribution is 5.98. The first-order valence-electron chi connectivity index (χ1n) is 9.03. The highest BCUT2D eigenvalue weighted by atomic mass is 14.6. The van der Waals surface area contributed by atoms with E-state index in [4.69, 9.17) is 22.9 Å². The van der Waals surface area contributed by atoms with Gasteiger partial charge in [0.25, 0.3) is 0 Å². The van der Waals surface area contributed by atoms with E-state index in [0.717, 1.165) is 33.4 Å². The molecule has 0 aliphatic rings. The molecule has 0 aliphatic carbocycles. The summed E-state index contributed by atoms with van der Waals surface area (Å²) in [6.45, 7) is 0. The molecule has 0 fully saturated rings. The quantitative estimate of drug-likeness (QED) is 0.382. The summed E-state index contributed by atoms with van der Waals surface area (Å²) < 4.78 is 0. The summed E-state index contributed by atoms with van der Waals surface area (Å²) in [5.74, 6) is 0. The van der Waals surface area contributed by atoms with Gasteiger partial charge in [0.15, 0.2) is 0 Å². The van der Waals surface area contributed by atoms with Crippen molar-refractivity contribution in [3.8, 4) is 33.4 Å². The van der Waals surface area contributed by atoms with Crippen LogP contribution in [0.15, 0.2) is 84.9 Å². The number of nitrogen functional groups attached to an aromatic ring is 4. The summed E-state index contributed by atoms with van der Waals surface area (Å²) >= 11 is 0. The van der Waals surface area contributed by atoms with Crippen LogP contribution in [0, 0.1) is 0 Å². The predicted molar refractivity (Wildman–Crippen MR) is 120 cm³/mol. The molecule has 28 heavy (non-hydrogen) atoms. The van der Waals surface area contributed by atoms with Gasteiger partial charge in [0.1, 0.15) is 0 Å². The molecule has 138 valence electrons. The van der Waals surface area contributed by atoms with Crippen molar-refractivity contribution < 1.29 is 0 Å². The minimum Gasteiger partial charge on any atom is -0.399 e. The van der Waals surface area contributed by atoms with E-state index in [2.05, 4.69) is 6.07 Å². The molecule has 0 radical (unpaired) electrons. The third kappa shape index (κ3) is 3.23. The van der Waals surface area contributed by atoms with Gasteiger partial charge in [-0.3, -0.25) is 0 Å². The third-order valence-corrected chi connectivity index (χ3v) is 4.82. The van der Waals surface area contributed by atoms with Crippen molar-refractivity contribution in [2.75, 3.05) is 22.9 Å². The highest BCUT2D eigenvalue weighted by Crippen LogP contribution is 2.42. The number of benzene rings is 4. The Kier molecular flexibility index (Phi) is 4.38. The van der Waals surface area contributed by atoms with Crippen LogP contribution in [0.25, 0.3) is 33.4 Å². The predicted octanol–water partition coefficient (Wildman–Crippen LogP) is 5.02. The van der Waals surface area contributed by atoms with Crippen molar-refractivity contribution in [3.63, 3.8) is 0 Å². The van der Waals surface area contributed by atoms with Crippen LogP contribution >= 0.6 is 0 Å². The molecule has 0 saturated carbocycles. The van der Waals surface area contributed by atoms with Gasteiger partial charge in [-0.1, -0.05) is 48.5 Å². The zero-order valence-corrected chi connectivity index (χ0v) is 15.4. The first-order valence-corrected chi connectivity index (χ1v) is 9.03. The van der Waals surface area contributed by atoms with Crippen molar-refractivity contribution in [2.45, 2.75) is 0 Å². The first-order chi connectivity index (χ1) is 13.5. The van der Waals surface area contributed by atoms with Gasteiger partial charge in [-0.05, 0) is 58.7 Å². The van der Waals surface area contributed by atoms with E-state index >= 15 is 0 Å². The Morgan fingerprint density at radius 3 is 1.39 bits per heavy atom. The highest BCUT2D eigenvalue weighted by Gasteiger charge is 2.16. The second kappa shape index (κ2) is 7.00. The van der Waals surface area contributed by atoms with E-state index in [1.165, 1.54) is 0 Å². The lowest BCUT2D eigenvalue weighted by atomic mass is 9.88. The molecule has 0 saturated heterocycles. The number of hydrogen-bond donors (Lipinski definition) is 4. The largest absolute Gasteiger partial charge is 0.399 e. The van der Waals surface area contributed by atoms with E-state index in [0.29, 0.717) is 22.7 Å². The van der Waals surface area contributed by atoms with Gasteiger partial charge in [-0.2, -0.15) is 0 Å². The van der Waals surface area contributed by atoms with Crippen LogP contribution < -0.4 is 22.9 Å². The lowest BCUT2D eigenvalue weighted by Gasteiger charge is -2.18. The van der Waals surface area contributed by atoms with Gasteiger partial charge in [-0.15, -0.1) is 0 Å². The van der Waals surface area contributed by atoms with Crippen LogP contribution in [0.2, 0.25) is 0 Å². The van der Waals surface area contributed by atoms with Gasteiger partial charge in [-0.25, -0.2) is 0 Å². The van der Waals surface area contributed by atoms with Crippen molar-refractivity contribution in [2.24, 2.45) is 0 Å². The van der Waals surface area contributed by atoms with E-state index < -0.39 is 0 Å². The Morgan fingerprint density at radius 2 is 0.857 bits per heavy atom. The summed E-state index contributed by atoms with van der Waals surface area (Å²) in [4.78, 5) is 0. The van der Waals surface area contributed by atoms with Crippen LogP contribution in [-0.2, 0) is 0 Å². The molecule has 0 spiro atoms.